The minimum atomic E-state index is -3.45. The normalized spacial score (nSPS) is 11.2. The second-order valence-corrected chi connectivity index (χ2v) is 4.91. The molecule has 0 N–H and O–H groups in total. The summed E-state index contributed by atoms with van der Waals surface area (Å²) >= 11 is 0. The standard InChI is InChI=1S/C9H19NO3S/c1-3-4-5-6-7-8-9-14(11,12)13-10-2/h2-9H2,1H3. The number of hydrogen-bond donors (Lipinski definition) is 0. The number of nitrogens with zero attached hydrogens (tertiary/aromatic N) is 1. The van der Waals surface area contributed by atoms with E-state index in [1.54, 1.807) is 0 Å². The molecule has 0 bridgehead atoms. The molecule has 4 nitrogen and oxygen atoms in total. The van der Waals surface area contributed by atoms with Crippen LogP contribution in [0.3, 0.4) is 0 Å². The minimum Gasteiger partial charge on any atom is -0.269 e. The van der Waals surface area contributed by atoms with E-state index < -0.39 is 10.1 Å². The van der Waals surface area contributed by atoms with Gasteiger partial charge in [0.1, 0.15) is 0 Å². The van der Waals surface area contributed by atoms with E-state index in [4.69, 9.17) is 0 Å². The van der Waals surface area contributed by atoms with Gasteiger partial charge in [-0.2, -0.15) is 8.42 Å². The Morgan fingerprint density at radius 2 is 1.71 bits per heavy atom. The van der Waals surface area contributed by atoms with Crippen molar-refractivity contribution in [3.8, 4) is 0 Å². The first-order valence-corrected chi connectivity index (χ1v) is 6.57. The summed E-state index contributed by atoms with van der Waals surface area (Å²) in [6.45, 7) is 5.11. The summed E-state index contributed by atoms with van der Waals surface area (Å²) in [5, 5.41) is 2.90. The summed E-state index contributed by atoms with van der Waals surface area (Å²) in [5.74, 6) is 0.0398. The number of hydrogen-bond acceptors (Lipinski definition) is 4. The van der Waals surface area contributed by atoms with E-state index >= 15 is 0 Å². The summed E-state index contributed by atoms with van der Waals surface area (Å²) in [4.78, 5) is 0. The average molecular weight is 221 g/mol. The Kier molecular flexibility index (Phi) is 7.47. The molecule has 0 aliphatic heterocycles. The van der Waals surface area contributed by atoms with Crippen molar-refractivity contribution in [3.63, 3.8) is 0 Å². The number of rotatable bonds is 9. The van der Waals surface area contributed by atoms with Crippen LogP contribution in [0.25, 0.3) is 0 Å². The Bertz CT molecular complexity index is 236. The van der Waals surface area contributed by atoms with Gasteiger partial charge >= 0.3 is 10.1 Å². The van der Waals surface area contributed by atoms with Crippen molar-refractivity contribution in [1.82, 2.24) is 0 Å². The van der Waals surface area contributed by atoms with E-state index in [1.165, 1.54) is 19.3 Å². The molecule has 0 aromatic carbocycles. The van der Waals surface area contributed by atoms with Crippen molar-refractivity contribution < 1.29 is 12.7 Å². The van der Waals surface area contributed by atoms with Crippen molar-refractivity contribution in [2.45, 2.75) is 45.4 Å². The molecule has 0 fully saturated rings. The SMILES string of the molecule is C=NOS(=O)(=O)CCCCCCCC. The third-order valence-electron chi connectivity index (χ3n) is 1.91. The van der Waals surface area contributed by atoms with Crippen LogP contribution in [0.1, 0.15) is 45.4 Å². The molecule has 0 aromatic heterocycles. The topological polar surface area (TPSA) is 55.7 Å². The molecule has 84 valence electrons. The van der Waals surface area contributed by atoms with Gasteiger partial charge in [0.2, 0.25) is 0 Å². The van der Waals surface area contributed by atoms with Crippen molar-refractivity contribution in [2.75, 3.05) is 5.75 Å². The second kappa shape index (κ2) is 7.79. The highest BCUT2D eigenvalue weighted by molar-refractivity contribution is 7.86. The van der Waals surface area contributed by atoms with E-state index in [9.17, 15) is 8.42 Å². The van der Waals surface area contributed by atoms with Gasteiger partial charge in [0, 0.05) is 6.72 Å². The third kappa shape index (κ3) is 8.04. The summed E-state index contributed by atoms with van der Waals surface area (Å²) in [5.41, 5.74) is 0. The van der Waals surface area contributed by atoms with E-state index in [2.05, 4.69) is 23.1 Å². The molecule has 0 aliphatic rings. The smallest absolute Gasteiger partial charge is 0.269 e. The van der Waals surface area contributed by atoms with Crippen LogP contribution in [0, 0.1) is 0 Å². The van der Waals surface area contributed by atoms with Gasteiger partial charge in [0.15, 0.2) is 0 Å². The summed E-state index contributed by atoms with van der Waals surface area (Å²) in [6.07, 6.45) is 6.25. The fourth-order valence-electron chi connectivity index (χ4n) is 1.18. The molecule has 0 amide bonds. The monoisotopic (exact) mass is 221 g/mol. The highest BCUT2D eigenvalue weighted by Crippen LogP contribution is 2.07. The Morgan fingerprint density at radius 1 is 1.14 bits per heavy atom. The Balaban J connectivity index is 3.40. The van der Waals surface area contributed by atoms with Crippen LogP contribution in [0.4, 0.5) is 0 Å². The fourth-order valence-corrected chi connectivity index (χ4v) is 1.97. The van der Waals surface area contributed by atoms with Crippen molar-refractivity contribution in [1.29, 1.82) is 0 Å². The molecule has 14 heavy (non-hydrogen) atoms. The number of oxime groups is 1. The molecule has 0 aliphatic carbocycles. The molecule has 0 rings (SSSR count). The van der Waals surface area contributed by atoms with Crippen LogP contribution in [-0.2, 0) is 14.4 Å². The highest BCUT2D eigenvalue weighted by Gasteiger charge is 2.09. The molecule has 0 unspecified atom stereocenters. The second-order valence-electron chi connectivity index (χ2n) is 3.23. The number of unbranched alkanes of at least 4 members (excludes halogenated alkanes) is 5. The fraction of sp³-hybridized carbons (Fsp3) is 0.889. The van der Waals surface area contributed by atoms with Gasteiger partial charge in [-0.1, -0.05) is 44.2 Å². The maximum absolute atomic E-state index is 11.0. The molecule has 0 saturated heterocycles. The van der Waals surface area contributed by atoms with Gasteiger partial charge in [-0.25, -0.2) is 0 Å². The van der Waals surface area contributed by atoms with E-state index in [-0.39, 0.29) is 5.75 Å². The highest BCUT2D eigenvalue weighted by atomic mass is 32.2. The van der Waals surface area contributed by atoms with E-state index in [1.807, 2.05) is 0 Å². The molecule has 0 radical (unpaired) electrons. The van der Waals surface area contributed by atoms with E-state index in [0.29, 0.717) is 6.42 Å². The van der Waals surface area contributed by atoms with Gasteiger partial charge in [-0.3, -0.25) is 4.28 Å². The zero-order chi connectivity index (χ0) is 10.9. The first-order chi connectivity index (χ1) is 6.62. The molecule has 0 heterocycles. The lowest BCUT2D eigenvalue weighted by atomic mass is 10.1. The summed E-state index contributed by atoms with van der Waals surface area (Å²) in [6, 6.07) is 0. The third-order valence-corrected chi connectivity index (χ3v) is 3.04. The quantitative estimate of drug-likeness (QED) is 0.341. The maximum atomic E-state index is 11.0. The van der Waals surface area contributed by atoms with Crippen molar-refractivity contribution in [2.24, 2.45) is 5.16 Å². The molecular weight excluding hydrogens is 202 g/mol. The molecular formula is C9H19NO3S. The van der Waals surface area contributed by atoms with Crippen LogP contribution in [0.5, 0.6) is 0 Å². The van der Waals surface area contributed by atoms with Crippen molar-refractivity contribution >= 4 is 16.8 Å². The van der Waals surface area contributed by atoms with Crippen LogP contribution in [0.2, 0.25) is 0 Å². The first kappa shape index (κ1) is 13.4. The molecule has 0 aromatic rings. The van der Waals surface area contributed by atoms with Gasteiger partial charge in [0.05, 0.1) is 5.75 Å². The van der Waals surface area contributed by atoms with Gasteiger partial charge in [-0.05, 0) is 6.42 Å². The zero-order valence-electron chi connectivity index (χ0n) is 8.74. The molecule has 0 spiro atoms. The zero-order valence-corrected chi connectivity index (χ0v) is 9.55. The van der Waals surface area contributed by atoms with Crippen LogP contribution < -0.4 is 0 Å². The largest absolute Gasteiger partial charge is 0.328 e. The predicted molar refractivity (Wildman–Crippen MR) is 57.8 cm³/mol. The Hall–Kier alpha value is -0.580. The lowest BCUT2D eigenvalue weighted by molar-refractivity contribution is 0.341. The Labute approximate surface area is 86.5 Å². The minimum absolute atomic E-state index is 0.0398. The molecule has 5 heteroatoms. The predicted octanol–water partition coefficient (Wildman–Crippen LogP) is 2.31. The first-order valence-electron chi connectivity index (χ1n) is 4.99. The van der Waals surface area contributed by atoms with Gasteiger partial charge < -0.3 is 0 Å². The maximum Gasteiger partial charge on any atom is 0.328 e. The molecule has 0 atom stereocenters. The lowest BCUT2D eigenvalue weighted by Gasteiger charge is -2.01. The average Bonchev–Trinajstić information content (AvgIpc) is 2.11. The van der Waals surface area contributed by atoms with Crippen LogP contribution in [-0.4, -0.2) is 20.9 Å². The summed E-state index contributed by atoms with van der Waals surface area (Å²) in [7, 11) is -3.45. The van der Waals surface area contributed by atoms with Crippen LogP contribution >= 0.6 is 0 Å². The van der Waals surface area contributed by atoms with Crippen LogP contribution in [0.15, 0.2) is 5.16 Å². The Morgan fingerprint density at radius 3 is 2.29 bits per heavy atom. The van der Waals surface area contributed by atoms with Gasteiger partial charge in [0.25, 0.3) is 0 Å². The lowest BCUT2D eigenvalue weighted by Crippen LogP contribution is -2.06. The van der Waals surface area contributed by atoms with E-state index in [0.717, 1.165) is 12.8 Å². The molecule has 0 saturated carbocycles. The summed E-state index contributed by atoms with van der Waals surface area (Å²) < 4.78 is 26.1. The van der Waals surface area contributed by atoms with Gasteiger partial charge in [-0.15, -0.1) is 0 Å². The van der Waals surface area contributed by atoms with Crippen molar-refractivity contribution in [3.05, 3.63) is 0 Å².